The lowest BCUT2D eigenvalue weighted by atomic mass is 9.75. The number of allylic oxidation sites excluding steroid dienone is 1. The van der Waals surface area contributed by atoms with Gasteiger partial charge < -0.3 is 19.5 Å². The summed E-state index contributed by atoms with van der Waals surface area (Å²) in [6.45, 7) is 10.1. The Hall–Kier alpha value is -4.01. The quantitative estimate of drug-likeness (QED) is 0.405. The van der Waals surface area contributed by atoms with Gasteiger partial charge in [0.15, 0.2) is 5.66 Å². The molecule has 1 amide bonds. The van der Waals surface area contributed by atoms with E-state index in [1.54, 1.807) is 31.6 Å². The molecule has 0 saturated carbocycles. The maximum Gasteiger partial charge on any atom is 0.228 e. The summed E-state index contributed by atoms with van der Waals surface area (Å²) in [5, 5.41) is 12.8. The molecule has 0 spiro atoms. The molecule has 0 saturated heterocycles. The lowest BCUT2D eigenvalue weighted by Gasteiger charge is -2.40. The van der Waals surface area contributed by atoms with E-state index in [-0.39, 0.29) is 17.7 Å². The summed E-state index contributed by atoms with van der Waals surface area (Å²) in [4.78, 5) is 22.1. The van der Waals surface area contributed by atoms with Gasteiger partial charge in [0.05, 0.1) is 43.7 Å². The fourth-order valence-corrected chi connectivity index (χ4v) is 4.60. The molecule has 1 aromatic carbocycles. The number of amides is 1. The summed E-state index contributed by atoms with van der Waals surface area (Å²) < 4.78 is 17.0. The van der Waals surface area contributed by atoms with Gasteiger partial charge in [-0.3, -0.25) is 14.8 Å². The maximum atomic E-state index is 13.3. The van der Waals surface area contributed by atoms with Crippen molar-refractivity contribution < 1.29 is 19.0 Å². The number of nitrogens with one attached hydrogen (secondary N) is 1. The maximum absolute atomic E-state index is 13.3. The molecule has 1 N–H and O–H groups in total. The molecule has 194 valence electrons. The number of carbonyl (C=O) groups excluding carboxylic acids is 1. The minimum absolute atomic E-state index is 0.0161. The second-order valence-electron chi connectivity index (χ2n) is 9.92. The van der Waals surface area contributed by atoms with Gasteiger partial charge in [-0.15, -0.1) is 0 Å². The Morgan fingerprint density at radius 3 is 2.49 bits per heavy atom. The predicted molar refractivity (Wildman–Crippen MR) is 141 cm³/mol. The van der Waals surface area contributed by atoms with Gasteiger partial charge in [0, 0.05) is 28.6 Å². The number of azo groups is 1. The summed E-state index contributed by atoms with van der Waals surface area (Å²) >= 11 is 0. The third kappa shape index (κ3) is 4.98. The van der Waals surface area contributed by atoms with E-state index in [2.05, 4.69) is 25.5 Å². The molecule has 2 aromatic heterocycles. The summed E-state index contributed by atoms with van der Waals surface area (Å²) in [6.07, 6.45) is 4.01. The number of aromatic nitrogens is 2. The van der Waals surface area contributed by atoms with Crippen molar-refractivity contribution in [2.24, 2.45) is 15.6 Å². The normalized spacial score (nSPS) is 17.3. The molecule has 1 atom stereocenters. The SMILES string of the molecule is CCC1=C(C)N=NC1(NC(=O)Cc1ncc(Oc2ccnc3ccc(OC)cc23)cc1OC)C(C)(C)C. The van der Waals surface area contributed by atoms with Crippen molar-refractivity contribution in [3.05, 3.63) is 59.7 Å². The second kappa shape index (κ2) is 10.2. The van der Waals surface area contributed by atoms with Crippen LogP contribution in [0, 0.1) is 5.41 Å². The van der Waals surface area contributed by atoms with E-state index in [0.717, 1.165) is 28.6 Å². The van der Waals surface area contributed by atoms with Crippen LogP contribution in [-0.2, 0) is 11.2 Å². The van der Waals surface area contributed by atoms with Crippen LogP contribution in [0.3, 0.4) is 0 Å². The summed E-state index contributed by atoms with van der Waals surface area (Å²) in [6, 6.07) is 9.08. The first-order chi connectivity index (χ1) is 17.6. The highest BCUT2D eigenvalue weighted by Gasteiger charge is 2.49. The van der Waals surface area contributed by atoms with E-state index >= 15 is 0 Å². The smallest absolute Gasteiger partial charge is 0.228 e. The molecular formula is C28H33N5O4. The van der Waals surface area contributed by atoms with Crippen LogP contribution in [-0.4, -0.2) is 35.8 Å². The third-order valence-corrected chi connectivity index (χ3v) is 6.57. The molecule has 3 aromatic rings. The van der Waals surface area contributed by atoms with Crippen molar-refractivity contribution >= 4 is 16.8 Å². The van der Waals surface area contributed by atoms with E-state index in [4.69, 9.17) is 14.2 Å². The molecule has 1 aliphatic rings. The van der Waals surface area contributed by atoms with Gasteiger partial charge in [-0.1, -0.05) is 27.7 Å². The molecule has 37 heavy (non-hydrogen) atoms. The Kier molecular flexibility index (Phi) is 7.16. The zero-order valence-electron chi connectivity index (χ0n) is 22.4. The minimum Gasteiger partial charge on any atom is -0.497 e. The first-order valence-corrected chi connectivity index (χ1v) is 12.2. The number of pyridine rings is 2. The molecular weight excluding hydrogens is 470 g/mol. The molecule has 0 aliphatic carbocycles. The van der Waals surface area contributed by atoms with Crippen LogP contribution in [0.5, 0.6) is 23.0 Å². The average Bonchev–Trinajstić information content (AvgIpc) is 3.20. The van der Waals surface area contributed by atoms with Gasteiger partial charge in [-0.2, -0.15) is 10.2 Å². The lowest BCUT2D eigenvalue weighted by molar-refractivity contribution is -0.123. The lowest BCUT2D eigenvalue weighted by Crippen LogP contribution is -2.56. The summed E-state index contributed by atoms with van der Waals surface area (Å²) in [5.41, 5.74) is 1.85. The molecule has 0 radical (unpaired) electrons. The van der Waals surface area contributed by atoms with Crippen molar-refractivity contribution in [1.82, 2.24) is 15.3 Å². The average molecular weight is 504 g/mol. The molecule has 0 bridgehead atoms. The van der Waals surface area contributed by atoms with Gasteiger partial charge in [-0.25, -0.2) is 0 Å². The van der Waals surface area contributed by atoms with Crippen molar-refractivity contribution in [3.8, 4) is 23.0 Å². The van der Waals surface area contributed by atoms with Crippen LogP contribution in [0.4, 0.5) is 0 Å². The molecule has 1 aliphatic heterocycles. The predicted octanol–water partition coefficient (Wildman–Crippen LogP) is 5.99. The number of fused-ring (bicyclic) bond motifs is 1. The van der Waals surface area contributed by atoms with Gasteiger partial charge in [0.2, 0.25) is 5.91 Å². The molecule has 4 rings (SSSR count). The Bertz CT molecular complexity index is 1390. The molecule has 9 heteroatoms. The summed E-state index contributed by atoms with van der Waals surface area (Å²) in [5.74, 6) is 2.00. The topological polar surface area (TPSA) is 107 Å². The van der Waals surface area contributed by atoms with E-state index in [9.17, 15) is 4.79 Å². The fourth-order valence-electron chi connectivity index (χ4n) is 4.60. The van der Waals surface area contributed by atoms with Crippen molar-refractivity contribution in [3.63, 3.8) is 0 Å². The minimum atomic E-state index is -0.900. The van der Waals surface area contributed by atoms with Crippen molar-refractivity contribution in [2.45, 2.75) is 53.1 Å². The zero-order valence-corrected chi connectivity index (χ0v) is 22.4. The molecule has 9 nitrogen and oxygen atoms in total. The first-order valence-electron chi connectivity index (χ1n) is 12.2. The van der Waals surface area contributed by atoms with Crippen LogP contribution < -0.4 is 19.5 Å². The van der Waals surface area contributed by atoms with E-state index in [1.165, 1.54) is 7.11 Å². The second-order valence-corrected chi connectivity index (χ2v) is 9.92. The van der Waals surface area contributed by atoms with Gasteiger partial charge in [0.1, 0.15) is 23.0 Å². The third-order valence-electron chi connectivity index (χ3n) is 6.57. The Labute approximate surface area is 217 Å². The largest absolute Gasteiger partial charge is 0.497 e. The molecule has 0 fully saturated rings. The molecule has 3 heterocycles. The number of hydrogen-bond donors (Lipinski definition) is 1. The Morgan fingerprint density at radius 2 is 1.81 bits per heavy atom. The van der Waals surface area contributed by atoms with E-state index < -0.39 is 5.66 Å². The van der Waals surface area contributed by atoms with Crippen LogP contribution >= 0.6 is 0 Å². The van der Waals surface area contributed by atoms with E-state index in [0.29, 0.717) is 28.7 Å². The highest BCUT2D eigenvalue weighted by atomic mass is 16.5. The fraction of sp³-hybridized carbons (Fsp3) is 0.393. The van der Waals surface area contributed by atoms with Gasteiger partial charge >= 0.3 is 0 Å². The first kappa shape index (κ1) is 26.1. The Balaban J connectivity index is 1.57. The van der Waals surface area contributed by atoms with Gasteiger partial charge in [-0.05, 0) is 37.6 Å². The Morgan fingerprint density at radius 1 is 1.03 bits per heavy atom. The van der Waals surface area contributed by atoms with Crippen LogP contribution in [0.15, 0.2) is 64.2 Å². The number of nitrogens with zero attached hydrogens (tertiary/aromatic N) is 4. The zero-order chi connectivity index (χ0) is 26.8. The van der Waals surface area contributed by atoms with Crippen LogP contribution in [0.1, 0.15) is 46.7 Å². The number of ether oxygens (including phenoxy) is 3. The standard InChI is InChI=1S/C28H33N5O4/c1-8-21-17(2)32-33-28(21,27(3,4)5)31-26(34)15-23-25(36-7)14-19(16-30-23)37-24-11-12-29-22-10-9-18(35-6)13-20(22)24/h9-14,16H,8,15H2,1-7H3,(H,31,34). The molecule has 1 unspecified atom stereocenters. The van der Waals surface area contributed by atoms with Crippen molar-refractivity contribution in [2.75, 3.05) is 14.2 Å². The number of rotatable bonds is 8. The summed E-state index contributed by atoms with van der Waals surface area (Å²) in [7, 11) is 3.15. The number of methoxy groups -OCH3 is 2. The highest BCUT2D eigenvalue weighted by Crippen LogP contribution is 2.44. The van der Waals surface area contributed by atoms with Crippen molar-refractivity contribution in [1.29, 1.82) is 0 Å². The number of hydrogen-bond acceptors (Lipinski definition) is 8. The van der Waals surface area contributed by atoms with Gasteiger partial charge in [0.25, 0.3) is 0 Å². The number of carbonyl (C=O) groups is 1. The number of benzene rings is 1. The van der Waals surface area contributed by atoms with Crippen LogP contribution in [0.2, 0.25) is 0 Å². The highest BCUT2D eigenvalue weighted by molar-refractivity contribution is 5.86. The van der Waals surface area contributed by atoms with E-state index in [1.807, 2.05) is 52.8 Å². The monoisotopic (exact) mass is 503 g/mol. The van der Waals surface area contributed by atoms with Crippen LogP contribution in [0.25, 0.3) is 10.9 Å².